The van der Waals surface area contributed by atoms with Crippen LogP contribution in [0.15, 0.2) is 30.3 Å². The summed E-state index contributed by atoms with van der Waals surface area (Å²) in [4.78, 5) is 15.2. The molecule has 3 rings (SSSR count). The molecule has 1 unspecified atom stereocenters. The first-order valence-electron chi connectivity index (χ1n) is 9.35. The highest BCUT2D eigenvalue weighted by Gasteiger charge is 2.33. The van der Waals surface area contributed by atoms with Gasteiger partial charge in [0.05, 0.1) is 0 Å². The largest absolute Gasteiger partial charge is 0.338 e. The van der Waals surface area contributed by atoms with Gasteiger partial charge in [-0.25, -0.2) is 0 Å². The number of carbonyl (C=O) groups excluding carboxylic acids is 1. The molecule has 1 saturated heterocycles. The Labute approximate surface area is 152 Å². The van der Waals surface area contributed by atoms with Crippen LogP contribution in [0.25, 0.3) is 0 Å². The molecule has 1 aromatic carbocycles. The number of nitrogens with one attached hydrogen (secondary N) is 1. The monoisotopic (exact) mass is 350 g/mol. The molecule has 24 heavy (non-hydrogen) atoms. The summed E-state index contributed by atoms with van der Waals surface area (Å²) >= 11 is 0. The SMILES string of the molecule is CCCN(C(=O)C1CCC(c2ccccc2)CC1)C1CCNC1.Cl. The molecule has 0 radical (unpaired) electrons. The quantitative estimate of drug-likeness (QED) is 0.871. The minimum absolute atomic E-state index is 0. The Bertz CT molecular complexity index is 494. The van der Waals surface area contributed by atoms with Gasteiger partial charge in [0.25, 0.3) is 0 Å². The van der Waals surface area contributed by atoms with E-state index in [0.29, 0.717) is 17.9 Å². The Morgan fingerprint density at radius 1 is 1.12 bits per heavy atom. The zero-order valence-electron chi connectivity index (χ0n) is 14.7. The average Bonchev–Trinajstić information content (AvgIpc) is 3.14. The molecular formula is C20H31ClN2O. The second kappa shape index (κ2) is 9.43. The van der Waals surface area contributed by atoms with E-state index in [9.17, 15) is 4.79 Å². The Morgan fingerprint density at radius 3 is 2.42 bits per heavy atom. The Balaban J connectivity index is 0.00000208. The third-order valence-corrected chi connectivity index (χ3v) is 5.57. The molecule has 0 spiro atoms. The molecule has 1 saturated carbocycles. The molecule has 1 heterocycles. The second-order valence-corrected chi connectivity index (χ2v) is 7.14. The van der Waals surface area contributed by atoms with Crippen LogP contribution in [-0.4, -0.2) is 36.5 Å². The first kappa shape index (κ1) is 19.3. The van der Waals surface area contributed by atoms with Crippen LogP contribution in [0.1, 0.15) is 56.9 Å². The number of rotatable bonds is 5. The number of benzene rings is 1. The maximum atomic E-state index is 13.0. The maximum Gasteiger partial charge on any atom is 0.225 e. The second-order valence-electron chi connectivity index (χ2n) is 7.14. The van der Waals surface area contributed by atoms with E-state index in [1.54, 1.807) is 0 Å². The van der Waals surface area contributed by atoms with E-state index in [0.717, 1.165) is 58.2 Å². The van der Waals surface area contributed by atoms with Gasteiger partial charge in [-0.05, 0) is 56.6 Å². The summed E-state index contributed by atoms with van der Waals surface area (Å²) in [6.45, 7) is 5.13. The fourth-order valence-electron chi connectivity index (χ4n) is 4.25. The molecule has 134 valence electrons. The van der Waals surface area contributed by atoms with Crippen molar-refractivity contribution in [1.29, 1.82) is 0 Å². The molecule has 2 fully saturated rings. The van der Waals surface area contributed by atoms with Gasteiger partial charge in [-0.2, -0.15) is 0 Å². The van der Waals surface area contributed by atoms with Gasteiger partial charge in [0.15, 0.2) is 0 Å². The molecule has 1 N–H and O–H groups in total. The predicted molar refractivity (Wildman–Crippen MR) is 102 cm³/mol. The topological polar surface area (TPSA) is 32.3 Å². The van der Waals surface area contributed by atoms with E-state index in [1.165, 1.54) is 5.56 Å². The van der Waals surface area contributed by atoms with E-state index in [4.69, 9.17) is 0 Å². The number of halogens is 1. The Kier molecular flexibility index (Phi) is 7.57. The van der Waals surface area contributed by atoms with Crippen molar-refractivity contribution in [2.45, 2.75) is 57.4 Å². The van der Waals surface area contributed by atoms with Crippen LogP contribution in [0.5, 0.6) is 0 Å². The van der Waals surface area contributed by atoms with Crippen LogP contribution in [0, 0.1) is 5.92 Å². The van der Waals surface area contributed by atoms with Crippen molar-refractivity contribution in [2.75, 3.05) is 19.6 Å². The third kappa shape index (κ3) is 4.52. The van der Waals surface area contributed by atoms with E-state index < -0.39 is 0 Å². The van der Waals surface area contributed by atoms with Gasteiger partial charge in [-0.15, -0.1) is 12.4 Å². The molecular weight excluding hydrogens is 320 g/mol. The van der Waals surface area contributed by atoms with Crippen molar-refractivity contribution in [3.8, 4) is 0 Å². The van der Waals surface area contributed by atoms with Crippen LogP contribution < -0.4 is 5.32 Å². The minimum atomic E-state index is 0. The summed E-state index contributed by atoms with van der Waals surface area (Å²) in [5, 5.41) is 3.40. The van der Waals surface area contributed by atoms with Crippen molar-refractivity contribution in [3.63, 3.8) is 0 Å². The van der Waals surface area contributed by atoms with E-state index in [2.05, 4.69) is 47.5 Å². The number of amides is 1. The van der Waals surface area contributed by atoms with Gasteiger partial charge < -0.3 is 10.2 Å². The summed E-state index contributed by atoms with van der Waals surface area (Å²) in [5.74, 6) is 1.32. The molecule has 1 amide bonds. The Morgan fingerprint density at radius 2 is 1.83 bits per heavy atom. The number of nitrogens with zero attached hydrogens (tertiary/aromatic N) is 1. The summed E-state index contributed by atoms with van der Waals surface area (Å²) in [7, 11) is 0. The van der Waals surface area contributed by atoms with Gasteiger partial charge in [0, 0.05) is 25.0 Å². The van der Waals surface area contributed by atoms with Gasteiger partial charge in [-0.1, -0.05) is 37.3 Å². The van der Waals surface area contributed by atoms with E-state index in [-0.39, 0.29) is 18.3 Å². The minimum Gasteiger partial charge on any atom is -0.338 e. The highest BCUT2D eigenvalue weighted by atomic mass is 35.5. The number of hydrogen-bond acceptors (Lipinski definition) is 2. The van der Waals surface area contributed by atoms with Gasteiger partial charge in [0.2, 0.25) is 5.91 Å². The fourth-order valence-corrected chi connectivity index (χ4v) is 4.25. The van der Waals surface area contributed by atoms with Crippen LogP contribution in [0.4, 0.5) is 0 Å². The van der Waals surface area contributed by atoms with Gasteiger partial charge >= 0.3 is 0 Å². The molecule has 0 bridgehead atoms. The van der Waals surface area contributed by atoms with Crippen LogP contribution in [0.2, 0.25) is 0 Å². The van der Waals surface area contributed by atoms with E-state index in [1.807, 2.05) is 0 Å². The van der Waals surface area contributed by atoms with Crippen molar-refractivity contribution in [1.82, 2.24) is 10.2 Å². The lowest BCUT2D eigenvalue weighted by Crippen LogP contribution is -2.45. The molecule has 3 nitrogen and oxygen atoms in total. The normalized spacial score (nSPS) is 26.6. The number of hydrogen-bond donors (Lipinski definition) is 1. The van der Waals surface area contributed by atoms with Gasteiger partial charge in [0.1, 0.15) is 0 Å². The maximum absolute atomic E-state index is 13.0. The summed E-state index contributed by atoms with van der Waals surface area (Å²) in [5.41, 5.74) is 1.45. The molecule has 2 aliphatic rings. The van der Waals surface area contributed by atoms with Crippen molar-refractivity contribution in [2.24, 2.45) is 5.92 Å². The first-order valence-corrected chi connectivity index (χ1v) is 9.35. The summed E-state index contributed by atoms with van der Waals surface area (Å²) < 4.78 is 0. The smallest absolute Gasteiger partial charge is 0.225 e. The van der Waals surface area contributed by atoms with Crippen molar-refractivity contribution >= 4 is 18.3 Å². The number of carbonyl (C=O) groups is 1. The summed E-state index contributed by atoms with van der Waals surface area (Å²) in [6, 6.07) is 11.2. The Hall–Kier alpha value is -1.06. The lowest BCUT2D eigenvalue weighted by molar-refractivity contribution is -0.138. The predicted octanol–water partition coefficient (Wildman–Crippen LogP) is 3.98. The lowest BCUT2D eigenvalue weighted by Gasteiger charge is -2.35. The average molecular weight is 351 g/mol. The highest BCUT2D eigenvalue weighted by Crippen LogP contribution is 2.36. The fraction of sp³-hybridized carbons (Fsp3) is 0.650. The molecule has 0 aromatic heterocycles. The zero-order valence-corrected chi connectivity index (χ0v) is 15.6. The van der Waals surface area contributed by atoms with Gasteiger partial charge in [-0.3, -0.25) is 4.79 Å². The standard InChI is InChI=1S/C20H30N2O.ClH/c1-2-14-22(19-12-13-21-15-19)20(23)18-10-8-17(9-11-18)16-6-4-3-5-7-16;/h3-7,17-19,21H,2,8-15H2,1H3;1H. The summed E-state index contributed by atoms with van der Waals surface area (Å²) in [6.07, 6.45) is 6.59. The molecule has 1 atom stereocenters. The van der Waals surface area contributed by atoms with Crippen molar-refractivity contribution < 1.29 is 4.79 Å². The lowest BCUT2D eigenvalue weighted by atomic mass is 9.78. The first-order chi connectivity index (χ1) is 11.3. The molecule has 1 aromatic rings. The zero-order chi connectivity index (χ0) is 16.1. The van der Waals surface area contributed by atoms with Crippen LogP contribution in [-0.2, 0) is 4.79 Å². The molecule has 1 aliphatic heterocycles. The van der Waals surface area contributed by atoms with E-state index >= 15 is 0 Å². The highest BCUT2D eigenvalue weighted by molar-refractivity contribution is 5.85. The van der Waals surface area contributed by atoms with Crippen LogP contribution in [0.3, 0.4) is 0 Å². The third-order valence-electron chi connectivity index (χ3n) is 5.57. The van der Waals surface area contributed by atoms with Crippen molar-refractivity contribution in [3.05, 3.63) is 35.9 Å². The van der Waals surface area contributed by atoms with Crippen LogP contribution >= 0.6 is 12.4 Å². The molecule has 4 heteroatoms. The molecule has 1 aliphatic carbocycles.